The summed E-state index contributed by atoms with van der Waals surface area (Å²) in [6, 6.07) is 6.28. The van der Waals surface area contributed by atoms with Crippen LogP contribution in [0.4, 0.5) is 0 Å². The second-order valence-corrected chi connectivity index (χ2v) is 5.04. The third-order valence-electron chi connectivity index (χ3n) is 3.48. The van der Waals surface area contributed by atoms with E-state index in [1.165, 1.54) is 17.5 Å². The molecule has 2 rings (SSSR count). The van der Waals surface area contributed by atoms with Gasteiger partial charge in [0.05, 0.1) is 19.4 Å². The Hall–Kier alpha value is -1.84. The highest BCUT2D eigenvalue weighted by Crippen LogP contribution is 2.22. The van der Waals surface area contributed by atoms with Gasteiger partial charge in [0, 0.05) is 6.54 Å². The van der Waals surface area contributed by atoms with Gasteiger partial charge in [-0.15, -0.1) is 0 Å². The molecule has 0 atom stereocenters. The van der Waals surface area contributed by atoms with Gasteiger partial charge in [-0.2, -0.15) is 0 Å². The highest BCUT2D eigenvalue weighted by molar-refractivity contribution is 5.79. The molecule has 4 nitrogen and oxygen atoms in total. The lowest BCUT2D eigenvalue weighted by Gasteiger charge is -2.07. The molecule has 1 aliphatic rings. The van der Waals surface area contributed by atoms with Crippen LogP contribution in [0, 0.1) is 0 Å². The molecule has 4 heteroatoms. The molecule has 1 aromatic carbocycles. The summed E-state index contributed by atoms with van der Waals surface area (Å²) in [6.45, 7) is 2.48. The largest absolute Gasteiger partial charge is 0.466 e. The van der Waals surface area contributed by atoms with Crippen LogP contribution in [-0.4, -0.2) is 25.0 Å². The van der Waals surface area contributed by atoms with Crippen LogP contribution in [-0.2, 0) is 33.6 Å². The molecule has 0 saturated carbocycles. The van der Waals surface area contributed by atoms with Crippen molar-refractivity contribution in [1.82, 2.24) is 5.32 Å². The number of carbonyl (C=O) groups excluding carboxylic acids is 2. The molecule has 0 aliphatic heterocycles. The average molecular weight is 275 g/mol. The number of hydrogen-bond donors (Lipinski definition) is 1. The van der Waals surface area contributed by atoms with Gasteiger partial charge >= 0.3 is 5.97 Å². The van der Waals surface area contributed by atoms with E-state index in [4.69, 9.17) is 4.74 Å². The van der Waals surface area contributed by atoms with E-state index in [0.717, 1.165) is 18.4 Å². The van der Waals surface area contributed by atoms with Crippen molar-refractivity contribution < 1.29 is 14.3 Å². The van der Waals surface area contributed by atoms with Gasteiger partial charge in [0.15, 0.2) is 0 Å². The van der Waals surface area contributed by atoms with Gasteiger partial charge in [-0.1, -0.05) is 18.2 Å². The molecule has 1 aliphatic carbocycles. The van der Waals surface area contributed by atoms with Crippen molar-refractivity contribution in [3.63, 3.8) is 0 Å². The van der Waals surface area contributed by atoms with Crippen molar-refractivity contribution in [2.24, 2.45) is 0 Å². The molecule has 0 aromatic heterocycles. The van der Waals surface area contributed by atoms with E-state index in [9.17, 15) is 9.59 Å². The molecular formula is C16H21NO3. The quantitative estimate of drug-likeness (QED) is 0.805. The van der Waals surface area contributed by atoms with Crippen LogP contribution in [0.15, 0.2) is 18.2 Å². The van der Waals surface area contributed by atoms with Gasteiger partial charge in [0.25, 0.3) is 0 Å². The number of ether oxygens (including phenoxy) is 1. The summed E-state index contributed by atoms with van der Waals surface area (Å²) in [5, 5.41) is 2.75. The van der Waals surface area contributed by atoms with Crippen LogP contribution >= 0.6 is 0 Å². The number of carbonyl (C=O) groups is 2. The number of aryl methyl sites for hydroxylation is 2. The minimum Gasteiger partial charge on any atom is -0.466 e. The average Bonchev–Trinajstić information content (AvgIpc) is 2.86. The molecule has 20 heavy (non-hydrogen) atoms. The Labute approximate surface area is 119 Å². The Morgan fingerprint density at radius 1 is 1.25 bits per heavy atom. The fourth-order valence-corrected chi connectivity index (χ4v) is 2.52. The minimum atomic E-state index is -0.273. The molecule has 1 amide bonds. The predicted octanol–water partition coefficient (Wildman–Crippen LogP) is 1.79. The summed E-state index contributed by atoms with van der Waals surface area (Å²) in [5.74, 6) is -0.322. The van der Waals surface area contributed by atoms with Crippen LogP contribution in [0.25, 0.3) is 0 Å². The van der Waals surface area contributed by atoms with Crippen molar-refractivity contribution in [3.05, 3.63) is 34.9 Å². The van der Waals surface area contributed by atoms with Crippen molar-refractivity contribution >= 4 is 11.9 Å². The smallest absolute Gasteiger partial charge is 0.307 e. The predicted molar refractivity (Wildman–Crippen MR) is 76.4 cm³/mol. The second-order valence-electron chi connectivity index (χ2n) is 5.04. The molecular weight excluding hydrogens is 254 g/mol. The van der Waals surface area contributed by atoms with Crippen LogP contribution in [0.3, 0.4) is 0 Å². The third kappa shape index (κ3) is 4.08. The summed E-state index contributed by atoms with van der Waals surface area (Å²) >= 11 is 0. The lowest BCUT2D eigenvalue weighted by atomic mass is 10.0. The number of nitrogens with one attached hydrogen (secondary N) is 1. The van der Waals surface area contributed by atoms with Crippen molar-refractivity contribution in [1.29, 1.82) is 0 Å². The lowest BCUT2D eigenvalue weighted by molar-refractivity contribution is -0.143. The van der Waals surface area contributed by atoms with Gasteiger partial charge in [-0.25, -0.2) is 0 Å². The van der Waals surface area contributed by atoms with Gasteiger partial charge in [0.1, 0.15) is 0 Å². The zero-order chi connectivity index (χ0) is 14.4. The Morgan fingerprint density at radius 2 is 2.05 bits per heavy atom. The number of benzene rings is 1. The molecule has 1 N–H and O–H groups in total. The zero-order valence-corrected chi connectivity index (χ0v) is 11.9. The van der Waals surface area contributed by atoms with Crippen LogP contribution in [0.1, 0.15) is 36.5 Å². The van der Waals surface area contributed by atoms with Crippen molar-refractivity contribution in [2.75, 3.05) is 13.2 Å². The fraction of sp³-hybridized carbons (Fsp3) is 0.500. The lowest BCUT2D eigenvalue weighted by Crippen LogP contribution is -2.28. The fourth-order valence-electron chi connectivity index (χ4n) is 2.52. The van der Waals surface area contributed by atoms with E-state index in [1.807, 2.05) is 6.07 Å². The van der Waals surface area contributed by atoms with Gasteiger partial charge in [-0.3, -0.25) is 9.59 Å². The first-order chi connectivity index (χ1) is 9.69. The van der Waals surface area contributed by atoms with E-state index in [2.05, 4.69) is 17.4 Å². The van der Waals surface area contributed by atoms with Gasteiger partial charge in [0.2, 0.25) is 5.91 Å². The summed E-state index contributed by atoms with van der Waals surface area (Å²) in [7, 11) is 0. The maximum Gasteiger partial charge on any atom is 0.307 e. The number of rotatable bonds is 6. The number of hydrogen-bond acceptors (Lipinski definition) is 3. The maximum atomic E-state index is 11.8. The van der Waals surface area contributed by atoms with Crippen molar-refractivity contribution in [3.8, 4) is 0 Å². The highest BCUT2D eigenvalue weighted by atomic mass is 16.5. The molecule has 0 spiro atoms. The molecule has 0 bridgehead atoms. The van der Waals surface area contributed by atoms with E-state index in [1.54, 1.807) is 6.92 Å². The van der Waals surface area contributed by atoms with E-state index >= 15 is 0 Å². The topological polar surface area (TPSA) is 55.4 Å². The number of fused-ring (bicyclic) bond motifs is 1. The molecule has 0 heterocycles. The van der Waals surface area contributed by atoms with Crippen LogP contribution in [0.2, 0.25) is 0 Å². The molecule has 108 valence electrons. The SMILES string of the molecule is CCOC(=O)CCNC(=O)Cc1ccc2c(c1)CCC2. The first-order valence-corrected chi connectivity index (χ1v) is 7.22. The van der Waals surface area contributed by atoms with Crippen LogP contribution < -0.4 is 5.32 Å². The zero-order valence-electron chi connectivity index (χ0n) is 11.9. The highest BCUT2D eigenvalue weighted by Gasteiger charge is 2.12. The monoisotopic (exact) mass is 275 g/mol. The molecule has 0 radical (unpaired) electrons. The molecule has 0 saturated heterocycles. The summed E-state index contributed by atoms with van der Waals surface area (Å²) < 4.78 is 4.80. The third-order valence-corrected chi connectivity index (χ3v) is 3.48. The number of amides is 1. The number of esters is 1. The minimum absolute atomic E-state index is 0.0488. The summed E-state index contributed by atoms with van der Waals surface area (Å²) in [4.78, 5) is 22.9. The molecule has 0 fully saturated rings. The van der Waals surface area contributed by atoms with E-state index in [-0.39, 0.29) is 18.3 Å². The molecule has 0 unspecified atom stereocenters. The Balaban J connectivity index is 1.76. The van der Waals surface area contributed by atoms with E-state index < -0.39 is 0 Å². The first kappa shape index (κ1) is 14.6. The second kappa shape index (κ2) is 7.08. The first-order valence-electron chi connectivity index (χ1n) is 7.22. The standard InChI is InChI=1S/C16H21NO3/c1-2-20-16(19)8-9-17-15(18)11-12-6-7-13-4-3-5-14(13)10-12/h6-7,10H,2-5,8-9,11H2,1H3,(H,17,18). The normalized spacial score (nSPS) is 12.8. The maximum absolute atomic E-state index is 11.8. The molecule has 1 aromatic rings. The Bertz CT molecular complexity index is 496. The van der Waals surface area contributed by atoms with Gasteiger partial charge < -0.3 is 10.1 Å². The summed E-state index contributed by atoms with van der Waals surface area (Å²) in [5.41, 5.74) is 3.83. The summed E-state index contributed by atoms with van der Waals surface area (Å²) in [6.07, 6.45) is 4.08. The Kier molecular flexibility index (Phi) is 5.16. The Morgan fingerprint density at radius 3 is 2.85 bits per heavy atom. The van der Waals surface area contributed by atoms with Crippen molar-refractivity contribution in [2.45, 2.75) is 39.0 Å². The van der Waals surface area contributed by atoms with E-state index in [0.29, 0.717) is 19.6 Å². The van der Waals surface area contributed by atoms with Gasteiger partial charge in [-0.05, 0) is 42.9 Å². The van der Waals surface area contributed by atoms with Crippen LogP contribution in [0.5, 0.6) is 0 Å².